The Kier molecular flexibility index (Phi) is 3.38. The van der Waals surface area contributed by atoms with E-state index in [2.05, 4.69) is 0 Å². The lowest BCUT2D eigenvalue weighted by atomic mass is 10.5. The van der Waals surface area contributed by atoms with Crippen LogP contribution >= 0.6 is 0 Å². The molecule has 0 bridgehead atoms. The fourth-order valence-electron chi connectivity index (χ4n) is 0.412. The van der Waals surface area contributed by atoms with E-state index < -0.39 is 37.2 Å². The Morgan fingerprint density at radius 2 is 1.46 bits per heavy atom. The highest BCUT2D eigenvalue weighted by atomic mass is 32.2. The Balaban J connectivity index is 5.00. The Labute approximate surface area is 73.7 Å². The van der Waals surface area contributed by atoms with Crippen molar-refractivity contribution in [3.63, 3.8) is 0 Å². The van der Waals surface area contributed by atoms with E-state index in [1.807, 2.05) is 0 Å². The number of hydrogen-bond acceptors (Lipinski definition) is 5. The lowest BCUT2D eigenvalue weighted by Crippen LogP contribution is -2.28. The van der Waals surface area contributed by atoms with Crippen molar-refractivity contribution in [1.82, 2.24) is 0 Å². The van der Waals surface area contributed by atoms with Crippen LogP contribution in [0.1, 0.15) is 0 Å². The smallest absolute Gasteiger partial charge is 0.331 e. The van der Waals surface area contributed by atoms with Gasteiger partial charge in [-0.15, -0.1) is 0 Å². The minimum absolute atomic E-state index is 1.67. The molecule has 1 radical (unpaired) electrons. The molecule has 0 amide bonds. The van der Waals surface area contributed by atoms with Crippen LogP contribution in [0.4, 0.5) is 0 Å². The van der Waals surface area contributed by atoms with E-state index in [4.69, 9.17) is 14.2 Å². The van der Waals surface area contributed by atoms with Crippen LogP contribution in [0.5, 0.6) is 0 Å². The van der Waals surface area contributed by atoms with Crippen LogP contribution in [0.15, 0.2) is 0 Å². The van der Waals surface area contributed by atoms with E-state index in [1.165, 1.54) is 0 Å². The lowest BCUT2D eigenvalue weighted by molar-refractivity contribution is -0.133. The fraction of sp³-hybridized carbons (Fsp3) is 0.333. The third-order valence-corrected chi connectivity index (χ3v) is 2.64. The molecule has 0 aromatic heterocycles. The number of carboxylic acid groups (broad SMARTS) is 1. The Bertz CT molecular complexity index is 387. The summed E-state index contributed by atoms with van der Waals surface area (Å²) in [6.45, 7) is 0. The maximum atomic E-state index is 10.2. The van der Waals surface area contributed by atoms with Crippen molar-refractivity contribution in [3.8, 4) is 0 Å². The lowest BCUT2D eigenvalue weighted by Gasteiger charge is -2.04. The molecule has 10 heteroatoms. The van der Waals surface area contributed by atoms with Crippen LogP contribution in [-0.4, -0.2) is 42.8 Å². The van der Waals surface area contributed by atoms with Gasteiger partial charge in [0.1, 0.15) is 5.75 Å². The molecule has 13 heavy (non-hydrogen) atoms. The molecule has 0 atom stereocenters. The summed E-state index contributed by atoms with van der Waals surface area (Å²) >= 11 is 0. The summed E-state index contributed by atoms with van der Waals surface area (Å²) in [5, 5.41) is 6.42. The molecule has 0 aromatic rings. The van der Waals surface area contributed by atoms with E-state index in [-0.39, 0.29) is 0 Å². The SMILES string of the molecule is O=C(O)[C](CS(=O)(=O)O)S(=O)(=O)O. The number of carbonyl (C=O) groups is 1. The van der Waals surface area contributed by atoms with Gasteiger partial charge in [-0.25, -0.2) is 0 Å². The number of carboxylic acids is 1. The first-order valence-corrected chi connectivity index (χ1v) is 5.61. The summed E-state index contributed by atoms with van der Waals surface area (Å²) in [7, 11) is -9.93. The Morgan fingerprint density at radius 3 is 1.54 bits per heavy atom. The van der Waals surface area contributed by atoms with Crippen LogP contribution in [0.3, 0.4) is 0 Å². The molecular formula is C3H5O8S2. The molecule has 8 nitrogen and oxygen atoms in total. The molecule has 0 unspecified atom stereocenters. The highest BCUT2D eigenvalue weighted by Gasteiger charge is 2.36. The van der Waals surface area contributed by atoms with Crippen molar-refractivity contribution in [2.45, 2.75) is 0 Å². The van der Waals surface area contributed by atoms with Gasteiger partial charge in [0.05, 0.1) is 0 Å². The van der Waals surface area contributed by atoms with Crippen molar-refractivity contribution < 1.29 is 35.8 Å². The summed E-state index contributed by atoms with van der Waals surface area (Å²) in [6.07, 6.45) is 0. The quantitative estimate of drug-likeness (QED) is 0.491. The average molecular weight is 233 g/mol. The second-order valence-electron chi connectivity index (χ2n) is 1.93. The average Bonchev–Trinajstić information content (AvgIpc) is 1.77. The highest BCUT2D eigenvalue weighted by molar-refractivity contribution is 7.92. The number of aliphatic carboxylic acids is 1. The van der Waals surface area contributed by atoms with Gasteiger partial charge in [0.25, 0.3) is 20.2 Å². The normalized spacial score (nSPS) is 13.2. The first kappa shape index (κ1) is 12.3. The zero-order valence-electron chi connectivity index (χ0n) is 5.91. The van der Waals surface area contributed by atoms with Crippen LogP contribution in [0, 0.1) is 5.25 Å². The molecule has 0 heterocycles. The molecule has 0 aliphatic heterocycles. The second kappa shape index (κ2) is 3.57. The van der Waals surface area contributed by atoms with Crippen LogP contribution in [0.2, 0.25) is 0 Å². The summed E-state index contributed by atoms with van der Waals surface area (Å²) in [5.74, 6) is -3.80. The molecule has 77 valence electrons. The summed E-state index contributed by atoms with van der Waals surface area (Å²) in [6, 6.07) is 0. The predicted octanol–water partition coefficient (Wildman–Crippen LogP) is -1.62. The van der Waals surface area contributed by atoms with Gasteiger partial charge < -0.3 is 5.11 Å². The van der Waals surface area contributed by atoms with E-state index >= 15 is 0 Å². The van der Waals surface area contributed by atoms with Crippen molar-refractivity contribution in [3.05, 3.63) is 5.25 Å². The van der Waals surface area contributed by atoms with Gasteiger partial charge in [0, 0.05) is 0 Å². The first-order valence-electron chi connectivity index (χ1n) is 2.56. The van der Waals surface area contributed by atoms with Crippen molar-refractivity contribution in [1.29, 1.82) is 0 Å². The molecule has 0 saturated heterocycles. The van der Waals surface area contributed by atoms with Crippen molar-refractivity contribution >= 4 is 26.2 Å². The summed E-state index contributed by atoms with van der Waals surface area (Å²) in [5.41, 5.74) is 0. The predicted molar refractivity (Wildman–Crippen MR) is 38.8 cm³/mol. The molecule has 0 saturated carbocycles. The molecule has 0 aliphatic rings. The molecule has 3 N–H and O–H groups in total. The molecule has 0 rings (SSSR count). The standard InChI is InChI=1S/C3H5O8S2/c4-3(5)2(13(9,10)11)1-12(6,7)8/h1H2,(H,4,5)(H,6,7,8)(H,9,10,11). The third-order valence-electron chi connectivity index (χ3n) is 0.863. The van der Waals surface area contributed by atoms with Gasteiger partial charge in [0.15, 0.2) is 0 Å². The van der Waals surface area contributed by atoms with Gasteiger partial charge in [-0.2, -0.15) is 16.8 Å². The van der Waals surface area contributed by atoms with Crippen LogP contribution in [0.25, 0.3) is 0 Å². The minimum atomic E-state index is -5.12. The largest absolute Gasteiger partial charge is 0.480 e. The molecule has 0 aliphatic carbocycles. The van der Waals surface area contributed by atoms with Crippen LogP contribution in [-0.2, 0) is 25.0 Å². The summed E-state index contributed by atoms with van der Waals surface area (Å²) < 4.78 is 56.9. The minimum Gasteiger partial charge on any atom is -0.480 e. The Hall–Kier alpha value is -0.710. The number of rotatable bonds is 4. The van der Waals surface area contributed by atoms with E-state index in [9.17, 15) is 21.6 Å². The van der Waals surface area contributed by atoms with Crippen molar-refractivity contribution in [2.75, 3.05) is 5.75 Å². The second-order valence-corrected chi connectivity index (χ2v) is 4.83. The maximum absolute atomic E-state index is 10.2. The van der Waals surface area contributed by atoms with E-state index in [1.54, 1.807) is 0 Å². The third kappa shape index (κ3) is 4.77. The maximum Gasteiger partial charge on any atom is 0.331 e. The van der Waals surface area contributed by atoms with Crippen molar-refractivity contribution in [2.24, 2.45) is 0 Å². The fourth-order valence-corrected chi connectivity index (χ4v) is 2.13. The van der Waals surface area contributed by atoms with Gasteiger partial charge >= 0.3 is 5.97 Å². The van der Waals surface area contributed by atoms with Crippen LogP contribution < -0.4 is 0 Å². The zero-order valence-corrected chi connectivity index (χ0v) is 7.54. The summed E-state index contributed by atoms with van der Waals surface area (Å²) in [4.78, 5) is 10.1. The molecule has 0 spiro atoms. The van der Waals surface area contributed by atoms with Gasteiger partial charge in [-0.3, -0.25) is 13.9 Å². The first-order chi connectivity index (χ1) is 5.54. The molecular weight excluding hydrogens is 228 g/mol. The topological polar surface area (TPSA) is 146 Å². The zero-order chi connectivity index (χ0) is 10.9. The molecule has 0 fully saturated rings. The van der Waals surface area contributed by atoms with E-state index in [0.29, 0.717) is 0 Å². The van der Waals surface area contributed by atoms with Gasteiger partial charge in [-0.05, 0) is 0 Å². The van der Waals surface area contributed by atoms with E-state index in [0.717, 1.165) is 0 Å². The van der Waals surface area contributed by atoms with Gasteiger partial charge in [0.2, 0.25) is 5.25 Å². The highest BCUT2D eigenvalue weighted by Crippen LogP contribution is 2.11. The molecule has 0 aromatic carbocycles. The van der Waals surface area contributed by atoms with Gasteiger partial charge in [-0.1, -0.05) is 0 Å². The Morgan fingerprint density at radius 1 is 1.08 bits per heavy atom. The monoisotopic (exact) mass is 233 g/mol. The number of hydrogen-bond donors (Lipinski definition) is 3.